The molecule has 0 bridgehead atoms. The Balaban J connectivity index is 2.42. The maximum absolute atomic E-state index is 12.5. The van der Waals surface area contributed by atoms with Crippen molar-refractivity contribution < 1.29 is 4.79 Å². The molecule has 1 atom stereocenters. The van der Waals surface area contributed by atoms with Gasteiger partial charge in [-0.3, -0.25) is 18.7 Å². The number of nitrogens with two attached hydrogens (primary N) is 1. The monoisotopic (exact) mass is 321 g/mol. The van der Waals surface area contributed by atoms with Gasteiger partial charge >= 0.3 is 5.69 Å². The van der Waals surface area contributed by atoms with Gasteiger partial charge < -0.3 is 5.73 Å². The number of rotatable bonds is 4. The Morgan fingerprint density at radius 1 is 1.23 bits per heavy atom. The van der Waals surface area contributed by atoms with E-state index in [1.165, 1.54) is 14.1 Å². The fourth-order valence-electron chi connectivity index (χ4n) is 1.85. The van der Waals surface area contributed by atoms with Crippen molar-refractivity contribution in [1.29, 1.82) is 0 Å². The van der Waals surface area contributed by atoms with Crippen molar-refractivity contribution in [2.75, 3.05) is 5.73 Å². The van der Waals surface area contributed by atoms with Gasteiger partial charge in [0.05, 0.1) is 5.25 Å². The number of hydrogen-bond donors (Lipinski definition) is 1. The normalized spacial score (nSPS) is 12.1. The number of aromatic nitrogens is 4. The molecule has 0 radical (unpaired) electrons. The number of anilines is 1. The SMILES string of the molecule is CC(Sc1ncccn1)C(=O)c1c(N)n(C)c(=O)n(C)c1=O. The third-order valence-corrected chi connectivity index (χ3v) is 4.14. The summed E-state index contributed by atoms with van der Waals surface area (Å²) in [7, 11) is 2.71. The first-order chi connectivity index (χ1) is 10.3. The van der Waals surface area contributed by atoms with E-state index in [2.05, 4.69) is 9.97 Å². The van der Waals surface area contributed by atoms with Crippen LogP contribution in [0.3, 0.4) is 0 Å². The van der Waals surface area contributed by atoms with Crippen molar-refractivity contribution >= 4 is 23.4 Å². The maximum atomic E-state index is 12.5. The summed E-state index contributed by atoms with van der Waals surface area (Å²) >= 11 is 1.12. The van der Waals surface area contributed by atoms with E-state index in [1.807, 2.05) is 0 Å². The second-order valence-electron chi connectivity index (χ2n) is 4.62. The molecule has 0 fully saturated rings. The molecule has 2 aromatic heterocycles. The summed E-state index contributed by atoms with van der Waals surface area (Å²) in [4.78, 5) is 44.5. The van der Waals surface area contributed by atoms with Crippen LogP contribution in [0, 0.1) is 0 Å². The minimum Gasteiger partial charge on any atom is -0.384 e. The molecular weight excluding hydrogens is 306 g/mol. The average molecular weight is 321 g/mol. The fourth-order valence-corrected chi connectivity index (χ4v) is 2.64. The number of hydrogen-bond acceptors (Lipinski definition) is 7. The van der Waals surface area contributed by atoms with Crippen molar-refractivity contribution in [2.24, 2.45) is 14.1 Å². The lowest BCUT2D eigenvalue weighted by atomic mass is 10.1. The first-order valence-corrected chi connectivity index (χ1v) is 7.26. The zero-order valence-corrected chi connectivity index (χ0v) is 13.1. The highest BCUT2D eigenvalue weighted by molar-refractivity contribution is 8.00. The molecule has 9 heteroatoms. The second-order valence-corrected chi connectivity index (χ2v) is 5.93. The number of carbonyl (C=O) groups is 1. The molecule has 0 amide bonds. The van der Waals surface area contributed by atoms with Crippen LogP contribution in [0.4, 0.5) is 5.82 Å². The summed E-state index contributed by atoms with van der Waals surface area (Å²) in [6.45, 7) is 1.63. The number of nitrogen functional groups attached to an aromatic ring is 1. The van der Waals surface area contributed by atoms with Crippen LogP contribution < -0.4 is 17.0 Å². The summed E-state index contributed by atoms with van der Waals surface area (Å²) in [5.41, 5.74) is 4.30. The van der Waals surface area contributed by atoms with Crippen molar-refractivity contribution in [3.8, 4) is 0 Å². The summed E-state index contributed by atoms with van der Waals surface area (Å²) < 4.78 is 1.94. The Morgan fingerprint density at radius 3 is 2.41 bits per heavy atom. The van der Waals surface area contributed by atoms with Crippen LogP contribution in [0.15, 0.2) is 33.2 Å². The molecule has 0 aromatic carbocycles. The molecule has 0 saturated carbocycles. The van der Waals surface area contributed by atoms with Gasteiger partial charge in [0.2, 0.25) is 0 Å². The highest BCUT2D eigenvalue weighted by Crippen LogP contribution is 2.22. The number of nitrogens with zero attached hydrogens (tertiary/aromatic N) is 4. The van der Waals surface area contributed by atoms with Gasteiger partial charge in [0.1, 0.15) is 11.4 Å². The van der Waals surface area contributed by atoms with Gasteiger partial charge in [-0.15, -0.1) is 0 Å². The van der Waals surface area contributed by atoms with Gasteiger partial charge in [0.25, 0.3) is 5.56 Å². The van der Waals surface area contributed by atoms with Crippen LogP contribution >= 0.6 is 11.8 Å². The minimum atomic E-state index is -0.702. The Bertz CT molecular complexity index is 828. The number of Topliss-reactive ketones (excluding diaryl/α,β-unsaturated/α-hetero) is 1. The van der Waals surface area contributed by atoms with E-state index in [0.717, 1.165) is 20.9 Å². The topological polar surface area (TPSA) is 113 Å². The molecule has 116 valence electrons. The molecule has 8 nitrogen and oxygen atoms in total. The molecule has 0 saturated heterocycles. The predicted octanol–water partition coefficient (Wildman–Crippen LogP) is -0.180. The Kier molecular flexibility index (Phi) is 4.45. The van der Waals surface area contributed by atoms with Gasteiger partial charge in [0, 0.05) is 26.5 Å². The van der Waals surface area contributed by atoms with E-state index >= 15 is 0 Å². The standard InChI is InChI=1S/C13H15N5O3S/c1-7(22-12-15-5-4-6-16-12)9(19)8-10(14)17(2)13(21)18(3)11(8)20/h4-7H,14H2,1-3H3. The highest BCUT2D eigenvalue weighted by Gasteiger charge is 2.25. The van der Waals surface area contributed by atoms with Crippen LogP contribution in [-0.4, -0.2) is 30.1 Å². The van der Waals surface area contributed by atoms with Gasteiger partial charge in [-0.05, 0) is 13.0 Å². The Labute approximate surface area is 130 Å². The zero-order chi connectivity index (χ0) is 16.4. The predicted molar refractivity (Wildman–Crippen MR) is 83.0 cm³/mol. The Morgan fingerprint density at radius 2 is 1.82 bits per heavy atom. The molecule has 22 heavy (non-hydrogen) atoms. The summed E-state index contributed by atoms with van der Waals surface area (Å²) in [6.07, 6.45) is 3.12. The van der Waals surface area contributed by atoms with Crippen molar-refractivity contribution in [3.63, 3.8) is 0 Å². The lowest BCUT2D eigenvalue weighted by molar-refractivity contribution is 0.0992. The van der Waals surface area contributed by atoms with Gasteiger partial charge in [-0.1, -0.05) is 11.8 Å². The highest BCUT2D eigenvalue weighted by atomic mass is 32.2. The molecule has 0 aliphatic heterocycles. The fraction of sp³-hybridized carbons (Fsp3) is 0.308. The maximum Gasteiger partial charge on any atom is 0.332 e. The smallest absolute Gasteiger partial charge is 0.332 e. The first-order valence-electron chi connectivity index (χ1n) is 6.38. The number of ketones is 1. The molecule has 2 N–H and O–H groups in total. The summed E-state index contributed by atoms with van der Waals surface area (Å²) in [6, 6.07) is 1.66. The third kappa shape index (κ3) is 2.80. The van der Waals surface area contributed by atoms with Crippen LogP contribution in [0.2, 0.25) is 0 Å². The summed E-state index contributed by atoms with van der Waals surface area (Å²) in [5, 5.41) is -0.196. The number of thioether (sulfide) groups is 1. The molecule has 0 aliphatic rings. The lowest BCUT2D eigenvalue weighted by Gasteiger charge is -2.13. The van der Waals surface area contributed by atoms with E-state index in [9.17, 15) is 14.4 Å². The van der Waals surface area contributed by atoms with Crippen LogP contribution in [0.25, 0.3) is 0 Å². The lowest BCUT2D eigenvalue weighted by Crippen LogP contribution is -2.42. The number of carbonyl (C=O) groups excluding carboxylic acids is 1. The molecule has 2 heterocycles. The second kappa shape index (κ2) is 6.14. The first kappa shape index (κ1) is 16.0. The molecule has 2 aromatic rings. The molecule has 0 aliphatic carbocycles. The molecular formula is C13H15N5O3S. The van der Waals surface area contributed by atoms with Gasteiger partial charge in [0.15, 0.2) is 10.9 Å². The van der Waals surface area contributed by atoms with E-state index in [4.69, 9.17) is 5.73 Å². The van der Waals surface area contributed by atoms with E-state index in [-0.39, 0.29) is 11.4 Å². The van der Waals surface area contributed by atoms with Crippen LogP contribution in [0.5, 0.6) is 0 Å². The minimum absolute atomic E-state index is 0.139. The van der Waals surface area contributed by atoms with Crippen molar-refractivity contribution in [2.45, 2.75) is 17.3 Å². The van der Waals surface area contributed by atoms with E-state index < -0.39 is 22.3 Å². The Hall–Kier alpha value is -2.42. The largest absolute Gasteiger partial charge is 0.384 e. The van der Waals surface area contributed by atoms with Crippen molar-refractivity contribution in [3.05, 3.63) is 44.9 Å². The molecule has 1 unspecified atom stereocenters. The van der Waals surface area contributed by atoms with Crippen LogP contribution in [0.1, 0.15) is 17.3 Å². The molecule has 2 rings (SSSR count). The third-order valence-electron chi connectivity index (χ3n) is 3.15. The van der Waals surface area contributed by atoms with Gasteiger partial charge in [-0.2, -0.15) is 0 Å². The van der Waals surface area contributed by atoms with Gasteiger partial charge in [-0.25, -0.2) is 14.8 Å². The van der Waals surface area contributed by atoms with Crippen molar-refractivity contribution in [1.82, 2.24) is 19.1 Å². The summed E-state index contributed by atoms with van der Waals surface area (Å²) in [5.74, 6) is -0.606. The van der Waals surface area contributed by atoms with E-state index in [1.54, 1.807) is 25.4 Å². The van der Waals surface area contributed by atoms with E-state index in [0.29, 0.717) is 5.16 Å². The molecule has 0 spiro atoms. The average Bonchev–Trinajstić information content (AvgIpc) is 2.52. The quantitative estimate of drug-likeness (QED) is 0.472. The van der Waals surface area contributed by atoms with Crippen LogP contribution in [-0.2, 0) is 14.1 Å². The zero-order valence-electron chi connectivity index (χ0n) is 12.3.